The van der Waals surface area contributed by atoms with Gasteiger partial charge in [-0.3, -0.25) is 4.79 Å². The third-order valence-electron chi connectivity index (χ3n) is 2.35. The van der Waals surface area contributed by atoms with Crippen molar-refractivity contribution in [2.24, 2.45) is 0 Å². The van der Waals surface area contributed by atoms with Crippen molar-refractivity contribution in [2.75, 3.05) is 0 Å². The van der Waals surface area contributed by atoms with E-state index >= 15 is 0 Å². The van der Waals surface area contributed by atoms with Crippen LogP contribution in [0, 0.1) is 6.92 Å². The minimum atomic E-state index is -0.791. The molecular weight excluding hydrogens is 212 g/mol. The number of carbonyl (C=O) groups is 1. The molecule has 0 unspecified atom stereocenters. The summed E-state index contributed by atoms with van der Waals surface area (Å²) in [5.74, 6) is 0.659. The molecular formula is C12H15ClO2. The third-order valence-corrected chi connectivity index (χ3v) is 2.77. The number of hydrogen-bond donors (Lipinski definition) is 0. The van der Waals surface area contributed by atoms with E-state index in [-0.39, 0.29) is 5.78 Å². The molecule has 0 aliphatic carbocycles. The smallest absolute Gasteiger partial charge is 0.172 e. The van der Waals surface area contributed by atoms with Gasteiger partial charge in [0.05, 0.1) is 0 Å². The lowest BCUT2D eigenvalue weighted by molar-refractivity contribution is -0.129. The first kappa shape index (κ1) is 12.1. The van der Waals surface area contributed by atoms with E-state index in [1.807, 2.05) is 13.0 Å². The molecule has 0 radical (unpaired) electrons. The highest BCUT2D eigenvalue weighted by Gasteiger charge is 2.25. The average Bonchev–Trinajstić information content (AvgIpc) is 2.10. The molecule has 0 bridgehead atoms. The summed E-state index contributed by atoms with van der Waals surface area (Å²) in [5.41, 5.74) is 0.147. The maximum Gasteiger partial charge on any atom is 0.172 e. The Labute approximate surface area is 95.2 Å². The van der Waals surface area contributed by atoms with Crippen LogP contribution in [-0.2, 0) is 4.79 Å². The predicted molar refractivity (Wildman–Crippen MR) is 61.6 cm³/mol. The van der Waals surface area contributed by atoms with Gasteiger partial charge >= 0.3 is 0 Å². The molecule has 82 valence electrons. The lowest BCUT2D eigenvalue weighted by Crippen LogP contribution is -2.36. The molecule has 1 aromatic carbocycles. The van der Waals surface area contributed by atoms with E-state index in [1.54, 1.807) is 26.0 Å². The normalized spacial score (nSPS) is 11.3. The largest absolute Gasteiger partial charge is 0.480 e. The summed E-state index contributed by atoms with van der Waals surface area (Å²) >= 11 is 5.89. The number of Topliss-reactive ketones (excluding diaryl/α,β-unsaturated/α-hetero) is 1. The van der Waals surface area contributed by atoms with Gasteiger partial charge in [-0.25, -0.2) is 0 Å². The molecule has 15 heavy (non-hydrogen) atoms. The van der Waals surface area contributed by atoms with E-state index in [2.05, 4.69) is 0 Å². The number of aryl methyl sites for hydroxylation is 1. The zero-order chi connectivity index (χ0) is 11.6. The SMILES string of the molecule is CC(=O)C(C)(C)Oc1ccc(Cl)c(C)c1. The summed E-state index contributed by atoms with van der Waals surface area (Å²) in [6, 6.07) is 5.36. The lowest BCUT2D eigenvalue weighted by Gasteiger charge is -2.23. The second-order valence-corrected chi connectivity index (χ2v) is 4.49. The molecule has 0 fully saturated rings. The van der Waals surface area contributed by atoms with Crippen molar-refractivity contribution >= 4 is 17.4 Å². The number of ether oxygens (including phenoxy) is 1. The van der Waals surface area contributed by atoms with Gasteiger partial charge in [-0.05, 0) is 51.5 Å². The Kier molecular flexibility index (Phi) is 3.40. The van der Waals surface area contributed by atoms with Gasteiger partial charge in [-0.15, -0.1) is 0 Å². The Hall–Kier alpha value is -1.02. The summed E-state index contributed by atoms with van der Waals surface area (Å²) in [5, 5.41) is 0.697. The van der Waals surface area contributed by atoms with Crippen LogP contribution in [0.5, 0.6) is 5.75 Å². The molecule has 0 N–H and O–H groups in total. The van der Waals surface area contributed by atoms with Crippen LogP contribution in [0.1, 0.15) is 26.3 Å². The second kappa shape index (κ2) is 4.23. The van der Waals surface area contributed by atoms with E-state index in [9.17, 15) is 4.79 Å². The van der Waals surface area contributed by atoms with Gasteiger partial charge in [0.2, 0.25) is 0 Å². The fourth-order valence-electron chi connectivity index (χ4n) is 1.05. The molecule has 1 rings (SSSR count). The molecule has 0 spiro atoms. The average molecular weight is 227 g/mol. The molecule has 0 amide bonds. The molecule has 3 heteroatoms. The summed E-state index contributed by atoms with van der Waals surface area (Å²) in [4.78, 5) is 11.3. The summed E-state index contributed by atoms with van der Waals surface area (Å²) < 4.78 is 5.59. The van der Waals surface area contributed by atoms with Crippen molar-refractivity contribution in [1.29, 1.82) is 0 Å². The fourth-order valence-corrected chi connectivity index (χ4v) is 1.16. The predicted octanol–water partition coefficient (Wildman–Crippen LogP) is 3.39. The first-order valence-electron chi connectivity index (χ1n) is 4.79. The Morgan fingerprint density at radius 2 is 2.00 bits per heavy atom. The molecule has 0 atom stereocenters. The number of rotatable bonds is 3. The summed E-state index contributed by atoms with van der Waals surface area (Å²) in [6.07, 6.45) is 0. The van der Waals surface area contributed by atoms with Crippen LogP contribution in [0.25, 0.3) is 0 Å². The van der Waals surface area contributed by atoms with E-state index in [0.717, 1.165) is 5.56 Å². The highest BCUT2D eigenvalue weighted by Crippen LogP contribution is 2.24. The van der Waals surface area contributed by atoms with Crippen molar-refractivity contribution in [3.63, 3.8) is 0 Å². The maximum absolute atomic E-state index is 11.3. The lowest BCUT2D eigenvalue weighted by atomic mass is 10.1. The van der Waals surface area contributed by atoms with Crippen LogP contribution in [0.3, 0.4) is 0 Å². The van der Waals surface area contributed by atoms with E-state index in [1.165, 1.54) is 6.92 Å². The molecule has 0 heterocycles. The number of ketones is 1. The van der Waals surface area contributed by atoms with Gasteiger partial charge in [0.1, 0.15) is 5.75 Å². The maximum atomic E-state index is 11.3. The van der Waals surface area contributed by atoms with Crippen LogP contribution in [-0.4, -0.2) is 11.4 Å². The summed E-state index contributed by atoms with van der Waals surface area (Å²) in [7, 11) is 0. The zero-order valence-corrected chi connectivity index (χ0v) is 10.2. The van der Waals surface area contributed by atoms with Crippen molar-refractivity contribution < 1.29 is 9.53 Å². The number of carbonyl (C=O) groups excluding carboxylic acids is 1. The first-order valence-corrected chi connectivity index (χ1v) is 5.17. The molecule has 0 aromatic heterocycles. The minimum Gasteiger partial charge on any atom is -0.480 e. The zero-order valence-electron chi connectivity index (χ0n) is 9.43. The van der Waals surface area contributed by atoms with Gasteiger partial charge in [0.15, 0.2) is 11.4 Å². The van der Waals surface area contributed by atoms with E-state index in [0.29, 0.717) is 10.8 Å². The van der Waals surface area contributed by atoms with Crippen LogP contribution in [0.15, 0.2) is 18.2 Å². The fraction of sp³-hybridized carbons (Fsp3) is 0.417. The molecule has 0 aliphatic heterocycles. The standard InChI is InChI=1S/C12H15ClO2/c1-8-7-10(5-6-11(8)13)15-12(3,4)9(2)14/h5-7H,1-4H3. The van der Waals surface area contributed by atoms with Crippen molar-refractivity contribution in [2.45, 2.75) is 33.3 Å². The van der Waals surface area contributed by atoms with Gasteiger partial charge in [0, 0.05) is 5.02 Å². The van der Waals surface area contributed by atoms with Crippen molar-refractivity contribution in [3.05, 3.63) is 28.8 Å². The number of benzene rings is 1. The van der Waals surface area contributed by atoms with Gasteiger partial charge in [-0.2, -0.15) is 0 Å². The number of hydrogen-bond acceptors (Lipinski definition) is 2. The Morgan fingerprint density at radius 3 is 2.47 bits per heavy atom. The van der Waals surface area contributed by atoms with Crippen LogP contribution in [0.4, 0.5) is 0 Å². The first-order chi connectivity index (χ1) is 6.83. The quantitative estimate of drug-likeness (QED) is 0.790. The van der Waals surface area contributed by atoms with E-state index in [4.69, 9.17) is 16.3 Å². The highest BCUT2D eigenvalue weighted by molar-refractivity contribution is 6.31. The molecule has 2 nitrogen and oxygen atoms in total. The van der Waals surface area contributed by atoms with Gasteiger partial charge < -0.3 is 4.74 Å². The highest BCUT2D eigenvalue weighted by atomic mass is 35.5. The monoisotopic (exact) mass is 226 g/mol. The number of halogens is 1. The van der Waals surface area contributed by atoms with Crippen LogP contribution >= 0.6 is 11.6 Å². The second-order valence-electron chi connectivity index (χ2n) is 4.08. The van der Waals surface area contributed by atoms with Crippen molar-refractivity contribution in [1.82, 2.24) is 0 Å². The van der Waals surface area contributed by atoms with E-state index < -0.39 is 5.60 Å². The van der Waals surface area contributed by atoms with Gasteiger partial charge in [0.25, 0.3) is 0 Å². The Balaban J connectivity index is 2.91. The molecule has 0 aliphatic rings. The Bertz CT molecular complexity index is 383. The Morgan fingerprint density at radius 1 is 1.40 bits per heavy atom. The molecule has 1 aromatic rings. The topological polar surface area (TPSA) is 26.3 Å². The van der Waals surface area contributed by atoms with Crippen LogP contribution in [0.2, 0.25) is 5.02 Å². The molecule has 0 saturated heterocycles. The van der Waals surface area contributed by atoms with Crippen LogP contribution < -0.4 is 4.74 Å². The van der Waals surface area contributed by atoms with Crippen molar-refractivity contribution in [3.8, 4) is 5.75 Å². The minimum absolute atomic E-state index is 0.00453. The van der Waals surface area contributed by atoms with Gasteiger partial charge in [-0.1, -0.05) is 11.6 Å². The third kappa shape index (κ3) is 2.96. The summed E-state index contributed by atoms with van der Waals surface area (Å²) in [6.45, 7) is 6.91. The molecule has 0 saturated carbocycles.